The lowest BCUT2D eigenvalue weighted by Crippen LogP contribution is -2.46. The molecule has 1 unspecified atom stereocenters. The number of nitrogens with zero attached hydrogens (tertiary/aromatic N) is 1. The summed E-state index contributed by atoms with van der Waals surface area (Å²) in [7, 11) is 0. The van der Waals surface area contributed by atoms with E-state index in [2.05, 4.69) is 33.0 Å². The molecule has 0 aromatic carbocycles. The first-order chi connectivity index (χ1) is 10.7. The molecule has 1 aromatic heterocycles. The molecule has 0 spiro atoms. The fourth-order valence-corrected chi connectivity index (χ4v) is 3.47. The Labute approximate surface area is 136 Å². The zero-order chi connectivity index (χ0) is 15.8. The predicted octanol–water partition coefficient (Wildman–Crippen LogP) is 2.03. The van der Waals surface area contributed by atoms with Crippen molar-refractivity contribution in [1.29, 1.82) is 0 Å². The Morgan fingerprint density at radius 1 is 1.50 bits per heavy atom. The fourth-order valence-electron chi connectivity index (χ4n) is 2.72. The van der Waals surface area contributed by atoms with E-state index >= 15 is 0 Å². The number of hydrogen-bond donors (Lipinski definition) is 3. The Bertz CT molecular complexity index is 427. The van der Waals surface area contributed by atoms with Gasteiger partial charge in [0.15, 0.2) is 0 Å². The van der Waals surface area contributed by atoms with Gasteiger partial charge in [-0.15, -0.1) is 11.3 Å². The number of rotatable bonds is 7. The van der Waals surface area contributed by atoms with Crippen LogP contribution in [0.25, 0.3) is 0 Å². The molecule has 1 aliphatic heterocycles. The first kappa shape index (κ1) is 17.2. The molecule has 22 heavy (non-hydrogen) atoms. The van der Waals surface area contributed by atoms with Crippen molar-refractivity contribution in [3.63, 3.8) is 0 Å². The van der Waals surface area contributed by atoms with Gasteiger partial charge in [-0.3, -0.25) is 4.90 Å². The highest BCUT2D eigenvalue weighted by Crippen LogP contribution is 2.20. The molecule has 0 radical (unpaired) electrons. The van der Waals surface area contributed by atoms with Gasteiger partial charge in [-0.1, -0.05) is 13.0 Å². The third-order valence-electron chi connectivity index (χ3n) is 4.27. The summed E-state index contributed by atoms with van der Waals surface area (Å²) in [4.78, 5) is 15.7. The minimum absolute atomic E-state index is 0.00890. The fraction of sp³-hybridized carbons (Fsp3) is 0.688. The highest BCUT2D eigenvalue weighted by Gasteiger charge is 2.20. The third kappa shape index (κ3) is 5.59. The molecule has 6 heteroatoms. The van der Waals surface area contributed by atoms with Crippen LogP contribution in [0.3, 0.4) is 0 Å². The molecule has 1 aliphatic rings. The largest absolute Gasteiger partial charge is 0.394 e. The number of likely N-dealkylation sites (tertiary alicyclic amines) is 1. The monoisotopic (exact) mass is 325 g/mol. The van der Waals surface area contributed by atoms with Crippen LogP contribution in [0.4, 0.5) is 4.79 Å². The predicted molar refractivity (Wildman–Crippen MR) is 90.0 cm³/mol. The summed E-state index contributed by atoms with van der Waals surface area (Å²) in [5.74, 6) is 0.555. The van der Waals surface area contributed by atoms with E-state index in [0.717, 1.165) is 45.4 Å². The zero-order valence-corrected chi connectivity index (χ0v) is 14.1. The molecule has 1 saturated heterocycles. The zero-order valence-electron chi connectivity index (χ0n) is 13.3. The van der Waals surface area contributed by atoms with Gasteiger partial charge >= 0.3 is 6.03 Å². The average Bonchev–Trinajstić information content (AvgIpc) is 3.05. The van der Waals surface area contributed by atoms with Gasteiger partial charge in [-0.2, -0.15) is 0 Å². The molecule has 0 bridgehead atoms. The van der Waals surface area contributed by atoms with Gasteiger partial charge in [-0.25, -0.2) is 4.79 Å². The van der Waals surface area contributed by atoms with Crippen LogP contribution in [0.1, 0.15) is 31.1 Å². The third-order valence-corrected chi connectivity index (χ3v) is 5.13. The SMILES string of the molecule is CCC(CO)NC(=O)NCC1CCN(Cc2cccs2)CC1. The lowest BCUT2D eigenvalue weighted by molar-refractivity contribution is 0.174. The molecule has 2 heterocycles. The number of aliphatic hydroxyl groups excluding tert-OH is 1. The second-order valence-electron chi connectivity index (χ2n) is 5.94. The first-order valence-corrected chi connectivity index (χ1v) is 8.99. The molecule has 2 amide bonds. The number of piperidine rings is 1. The number of nitrogens with one attached hydrogen (secondary N) is 2. The number of urea groups is 1. The Morgan fingerprint density at radius 3 is 2.86 bits per heavy atom. The summed E-state index contributed by atoms with van der Waals surface area (Å²) in [5, 5.41) is 16.9. The lowest BCUT2D eigenvalue weighted by atomic mass is 9.97. The van der Waals surface area contributed by atoms with Gasteiger partial charge in [0.1, 0.15) is 0 Å². The van der Waals surface area contributed by atoms with E-state index in [1.165, 1.54) is 4.88 Å². The molecule has 1 atom stereocenters. The molecule has 0 saturated carbocycles. The van der Waals surface area contributed by atoms with E-state index in [0.29, 0.717) is 5.92 Å². The number of carbonyl (C=O) groups excluding carboxylic acids is 1. The van der Waals surface area contributed by atoms with Crippen LogP contribution in [-0.2, 0) is 6.54 Å². The van der Waals surface area contributed by atoms with Crippen molar-refractivity contribution >= 4 is 17.4 Å². The van der Waals surface area contributed by atoms with E-state index in [1.54, 1.807) is 0 Å². The summed E-state index contributed by atoms with van der Waals surface area (Å²) in [6.07, 6.45) is 3.00. The van der Waals surface area contributed by atoms with E-state index < -0.39 is 0 Å². The number of amides is 2. The minimum Gasteiger partial charge on any atom is -0.394 e. The Hall–Kier alpha value is -1.11. The quantitative estimate of drug-likeness (QED) is 0.719. The Morgan fingerprint density at radius 2 is 2.27 bits per heavy atom. The van der Waals surface area contributed by atoms with Gasteiger partial charge in [0.2, 0.25) is 0 Å². The van der Waals surface area contributed by atoms with Crippen LogP contribution in [0.5, 0.6) is 0 Å². The molecular formula is C16H27N3O2S. The number of thiophene rings is 1. The van der Waals surface area contributed by atoms with Crippen molar-refractivity contribution in [3.05, 3.63) is 22.4 Å². The van der Waals surface area contributed by atoms with Crippen LogP contribution < -0.4 is 10.6 Å². The number of hydrogen-bond acceptors (Lipinski definition) is 4. The van der Waals surface area contributed by atoms with Crippen LogP contribution in [0, 0.1) is 5.92 Å². The number of aliphatic hydroxyl groups is 1. The standard InChI is InChI=1S/C16H27N3O2S/c1-2-14(12-20)18-16(21)17-10-13-5-7-19(8-6-13)11-15-4-3-9-22-15/h3-4,9,13-14,20H,2,5-8,10-12H2,1H3,(H2,17,18,21). The maximum absolute atomic E-state index is 11.7. The highest BCUT2D eigenvalue weighted by atomic mass is 32.1. The Balaban J connectivity index is 1.62. The molecule has 124 valence electrons. The van der Waals surface area contributed by atoms with Crippen molar-refractivity contribution in [2.45, 2.75) is 38.8 Å². The van der Waals surface area contributed by atoms with E-state index in [4.69, 9.17) is 5.11 Å². The number of carbonyl (C=O) groups is 1. The Kier molecular flexibility index (Phi) is 7.15. The molecule has 3 N–H and O–H groups in total. The van der Waals surface area contributed by atoms with Crippen molar-refractivity contribution in [3.8, 4) is 0 Å². The average molecular weight is 325 g/mol. The lowest BCUT2D eigenvalue weighted by Gasteiger charge is -2.31. The van der Waals surface area contributed by atoms with E-state index in [9.17, 15) is 4.79 Å². The van der Waals surface area contributed by atoms with E-state index in [1.807, 2.05) is 18.3 Å². The molecule has 1 fully saturated rings. The molecule has 2 rings (SSSR count). The summed E-state index contributed by atoms with van der Waals surface area (Å²) in [6, 6.07) is 3.98. The topological polar surface area (TPSA) is 64.6 Å². The van der Waals surface area contributed by atoms with Crippen molar-refractivity contribution in [2.24, 2.45) is 5.92 Å². The highest BCUT2D eigenvalue weighted by molar-refractivity contribution is 7.09. The van der Waals surface area contributed by atoms with Gasteiger partial charge in [0.05, 0.1) is 12.6 Å². The maximum atomic E-state index is 11.7. The normalized spacial score (nSPS) is 18.1. The van der Waals surface area contributed by atoms with Crippen LogP contribution in [0.15, 0.2) is 17.5 Å². The first-order valence-electron chi connectivity index (χ1n) is 8.11. The molecule has 0 aliphatic carbocycles. The van der Waals surface area contributed by atoms with Crippen LogP contribution >= 0.6 is 11.3 Å². The van der Waals surface area contributed by atoms with Crippen LogP contribution in [0.2, 0.25) is 0 Å². The van der Waals surface area contributed by atoms with Crippen LogP contribution in [-0.4, -0.2) is 48.3 Å². The van der Waals surface area contributed by atoms with Gasteiger partial charge in [0, 0.05) is 18.0 Å². The molecular weight excluding hydrogens is 298 g/mol. The minimum atomic E-state index is -0.165. The smallest absolute Gasteiger partial charge is 0.315 e. The summed E-state index contributed by atoms with van der Waals surface area (Å²) >= 11 is 1.81. The summed E-state index contributed by atoms with van der Waals surface area (Å²) in [6.45, 7) is 5.91. The second-order valence-corrected chi connectivity index (χ2v) is 6.97. The summed E-state index contributed by atoms with van der Waals surface area (Å²) < 4.78 is 0. The van der Waals surface area contributed by atoms with Gasteiger partial charge < -0.3 is 15.7 Å². The van der Waals surface area contributed by atoms with Crippen molar-refractivity contribution in [2.75, 3.05) is 26.2 Å². The molecule has 5 nitrogen and oxygen atoms in total. The van der Waals surface area contributed by atoms with Gasteiger partial charge in [-0.05, 0) is 49.7 Å². The van der Waals surface area contributed by atoms with Gasteiger partial charge in [0.25, 0.3) is 0 Å². The summed E-state index contributed by atoms with van der Waals surface area (Å²) in [5.41, 5.74) is 0. The van der Waals surface area contributed by atoms with Crippen molar-refractivity contribution in [1.82, 2.24) is 15.5 Å². The molecule has 1 aromatic rings. The maximum Gasteiger partial charge on any atom is 0.315 e. The second kappa shape index (κ2) is 9.12. The van der Waals surface area contributed by atoms with E-state index in [-0.39, 0.29) is 18.7 Å². The van der Waals surface area contributed by atoms with Crippen molar-refractivity contribution < 1.29 is 9.90 Å².